The second-order valence-electron chi connectivity index (χ2n) is 5.34. The third-order valence-corrected chi connectivity index (χ3v) is 4.93. The Kier molecular flexibility index (Phi) is 5.30. The van der Waals surface area contributed by atoms with Crippen molar-refractivity contribution >= 4 is 15.9 Å². The van der Waals surface area contributed by atoms with Crippen LogP contribution in [0.3, 0.4) is 0 Å². The van der Waals surface area contributed by atoms with Crippen molar-refractivity contribution in [3.05, 3.63) is 30.1 Å². The number of amides is 1. The number of hydrogen-bond donors (Lipinski definition) is 1. The van der Waals surface area contributed by atoms with E-state index in [9.17, 15) is 13.2 Å². The van der Waals surface area contributed by atoms with Gasteiger partial charge < -0.3 is 5.32 Å². The van der Waals surface area contributed by atoms with Gasteiger partial charge in [0.1, 0.15) is 0 Å². The predicted octanol–water partition coefficient (Wildman–Crippen LogP) is 0.902. The van der Waals surface area contributed by atoms with Gasteiger partial charge >= 0.3 is 0 Å². The molecule has 1 N–H and O–H groups in total. The lowest BCUT2D eigenvalue weighted by molar-refractivity contribution is -0.121. The van der Waals surface area contributed by atoms with Crippen LogP contribution in [0.4, 0.5) is 0 Å². The quantitative estimate of drug-likeness (QED) is 0.846. The maximum atomic E-state index is 12.0. The molecule has 0 atom stereocenters. The number of pyridine rings is 1. The van der Waals surface area contributed by atoms with Gasteiger partial charge in [-0.3, -0.25) is 9.78 Å². The molecule has 0 aromatic carbocycles. The van der Waals surface area contributed by atoms with E-state index >= 15 is 0 Å². The highest BCUT2D eigenvalue weighted by molar-refractivity contribution is 7.88. The fraction of sp³-hybridized carbons (Fsp3) is 0.571. The molecule has 1 aliphatic rings. The zero-order valence-corrected chi connectivity index (χ0v) is 13.0. The van der Waals surface area contributed by atoms with E-state index < -0.39 is 10.0 Å². The highest BCUT2D eigenvalue weighted by atomic mass is 32.2. The van der Waals surface area contributed by atoms with Crippen LogP contribution < -0.4 is 5.32 Å². The lowest BCUT2D eigenvalue weighted by Gasteiger charge is -2.25. The van der Waals surface area contributed by atoms with Gasteiger partial charge in [0.05, 0.1) is 25.0 Å². The molecule has 1 aliphatic carbocycles. The van der Waals surface area contributed by atoms with E-state index in [4.69, 9.17) is 0 Å². The van der Waals surface area contributed by atoms with E-state index in [1.807, 2.05) is 12.1 Å². The van der Waals surface area contributed by atoms with Crippen LogP contribution in [-0.2, 0) is 21.4 Å². The molecule has 2 rings (SSSR count). The number of carbonyl (C=O) groups excluding carboxylic acids is 1. The van der Waals surface area contributed by atoms with Gasteiger partial charge in [-0.25, -0.2) is 8.42 Å². The maximum absolute atomic E-state index is 12.0. The van der Waals surface area contributed by atoms with Crippen LogP contribution in [0.5, 0.6) is 0 Å². The van der Waals surface area contributed by atoms with Gasteiger partial charge in [0, 0.05) is 12.2 Å². The predicted molar refractivity (Wildman–Crippen MR) is 79.9 cm³/mol. The Morgan fingerprint density at radius 3 is 2.67 bits per heavy atom. The van der Waals surface area contributed by atoms with Gasteiger partial charge in [-0.15, -0.1) is 0 Å². The van der Waals surface area contributed by atoms with E-state index in [1.165, 1.54) is 4.31 Å². The van der Waals surface area contributed by atoms with E-state index in [2.05, 4.69) is 10.3 Å². The molecule has 21 heavy (non-hydrogen) atoms. The van der Waals surface area contributed by atoms with Gasteiger partial charge in [-0.2, -0.15) is 4.31 Å². The summed E-state index contributed by atoms with van der Waals surface area (Å²) in [6.07, 6.45) is 6.53. The Labute approximate surface area is 125 Å². The van der Waals surface area contributed by atoms with Crippen molar-refractivity contribution in [3.63, 3.8) is 0 Å². The van der Waals surface area contributed by atoms with E-state index in [0.29, 0.717) is 6.54 Å². The average Bonchev–Trinajstić information content (AvgIpc) is 2.96. The standard InChI is InChI=1S/C14H21N3O3S/c1-21(19,20)17(13-7-2-3-8-13)11-14(18)16-10-12-6-4-5-9-15-12/h4-6,9,13H,2-3,7-8,10-11H2,1H3,(H,16,18). The zero-order valence-electron chi connectivity index (χ0n) is 12.2. The molecule has 116 valence electrons. The highest BCUT2D eigenvalue weighted by Crippen LogP contribution is 2.24. The molecule has 1 fully saturated rings. The lowest BCUT2D eigenvalue weighted by atomic mass is 10.2. The number of nitrogens with zero attached hydrogens (tertiary/aromatic N) is 2. The van der Waals surface area contributed by atoms with E-state index in [0.717, 1.165) is 37.6 Å². The molecule has 0 radical (unpaired) electrons. The van der Waals surface area contributed by atoms with Crippen LogP contribution in [0.15, 0.2) is 24.4 Å². The van der Waals surface area contributed by atoms with Crippen LogP contribution in [0, 0.1) is 0 Å². The monoisotopic (exact) mass is 311 g/mol. The van der Waals surface area contributed by atoms with Gasteiger partial charge in [0.25, 0.3) is 0 Å². The van der Waals surface area contributed by atoms with Gasteiger partial charge in [0.15, 0.2) is 0 Å². The molecular weight excluding hydrogens is 290 g/mol. The molecule has 0 unspecified atom stereocenters. The first kappa shape index (κ1) is 15.9. The van der Waals surface area contributed by atoms with E-state index in [1.54, 1.807) is 12.3 Å². The molecular formula is C14H21N3O3S. The fourth-order valence-corrected chi connectivity index (χ4v) is 3.70. The molecule has 1 aromatic heterocycles. The second kappa shape index (κ2) is 7.00. The summed E-state index contributed by atoms with van der Waals surface area (Å²) in [4.78, 5) is 16.1. The molecule has 6 nitrogen and oxygen atoms in total. The molecule has 7 heteroatoms. The second-order valence-corrected chi connectivity index (χ2v) is 7.28. The van der Waals surface area contributed by atoms with Crippen LogP contribution in [-0.4, -0.2) is 42.5 Å². The third kappa shape index (κ3) is 4.78. The Bertz CT molecular complexity index is 568. The average molecular weight is 311 g/mol. The fourth-order valence-electron chi connectivity index (χ4n) is 2.60. The van der Waals surface area contributed by atoms with Gasteiger partial charge in [0.2, 0.25) is 15.9 Å². The Balaban J connectivity index is 1.92. The first-order valence-corrected chi connectivity index (χ1v) is 8.95. The number of sulfonamides is 1. The summed E-state index contributed by atoms with van der Waals surface area (Å²) >= 11 is 0. The zero-order chi connectivity index (χ0) is 15.3. The Hall–Kier alpha value is -1.47. The van der Waals surface area contributed by atoms with Gasteiger partial charge in [-0.05, 0) is 25.0 Å². The first-order chi connectivity index (χ1) is 9.97. The maximum Gasteiger partial charge on any atom is 0.235 e. The molecule has 1 heterocycles. The molecule has 0 saturated heterocycles. The molecule has 0 spiro atoms. The molecule has 1 aromatic rings. The summed E-state index contributed by atoms with van der Waals surface area (Å²) in [5.41, 5.74) is 0.748. The van der Waals surface area contributed by atoms with Crippen molar-refractivity contribution < 1.29 is 13.2 Å². The summed E-state index contributed by atoms with van der Waals surface area (Å²) in [6, 6.07) is 5.42. The normalized spacial score (nSPS) is 16.3. The highest BCUT2D eigenvalue weighted by Gasteiger charge is 2.30. The minimum atomic E-state index is -3.37. The number of hydrogen-bond acceptors (Lipinski definition) is 4. The SMILES string of the molecule is CS(=O)(=O)N(CC(=O)NCc1ccccn1)C1CCCC1. The summed E-state index contributed by atoms with van der Waals surface area (Å²) < 4.78 is 25.1. The van der Waals surface area contributed by atoms with Crippen molar-refractivity contribution in [2.75, 3.05) is 12.8 Å². The smallest absolute Gasteiger partial charge is 0.235 e. The van der Waals surface area contributed by atoms with Crippen molar-refractivity contribution in [3.8, 4) is 0 Å². The van der Waals surface area contributed by atoms with Crippen LogP contribution >= 0.6 is 0 Å². The Morgan fingerprint density at radius 1 is 1.38 bits per heavy atom. The molecule has 0 bridgehead atoms. The topological polar surface area (TPSA) is 79.4 Å². The summed E-state index contributed by atoms with van der Waals surface area (Å²) in [5, 5.41) is 2.72. The molecule has 1 amide bonds. The van der Waals surface area contributed by atoms with E-state index in [-0.39, 0.29) is 18.5 Å². The largest absolute Gasteiger partial charge is 0.349 e. The number of nitrogens with one attached hydrogen (secondary N) is 1. The number of rotatable bonds is 6. The molecule has 1 saturated carbocycles. The third-order valence-electron chi connectivity index (χ3n) is 3.65. The lowest BCUT2D eigenvalue weighted by Crippen LogP contribution is -2.44. The molecule has 0 aliphatic heterocycles. The first-order valence-electron chi connectivity index (χ1n) is 7.10. The minimum Gasteiger partial charge on any atom is -0.349 e. The van der Waals surface area contributed by atoms with Crippen LogP contribution in [0.1, 0.15) is 31.4 Å². The van der Waals surface area contributed by atoms with Crippen molar-refractivity contribution in [2.45, 2.75) is 38.3 Å². The number of carbonyl (C=O) groups is 1. The summed E-state index contributed by atoms with van der Waals surface area (Å²) in [6.45, 7) is 0.193. The van der Waals surface area contributed by atoms with Crippen molar-refractivity contribution in [1.29, 1.82) is 0 Å². The van der Waals surface area contributed by atoms with Crippen LogP contribution in [0.25, 0.3) is 0 Å². The summed E-state index contributed by atoms with van der Waals surface area (Å²) in [5.74, 6) is -0.294. The minimum absolute atomic E-state index is 0.0411. The van der Waals surface area contributed by atoms with Gasteiger partial charge in [-0.1, -0.05) is 18.9 Å². The van der Waals surface area contributed by atoms with Crippen molar-refractivity contribution in [1.82, 2.24) is 14.6 Å². The summed E-state index contributed by atoms with van der Waals surface area (Å²) in [7, 11) is -3.37. The van der Waals surface area contributed by atoms with Crippen molar-refractivity contribution in [2.24, 2.45) is 0 Å². The van der Waals surface area contributed by atoms with Crippen LogP contribution in [0.2, 0.25) is 0 Å². The Morgan fingerprint density at radius 2 is 2.10 bits per heavy atom. The number of aromatic nitrogens is 1.